The minimum Gasteiger partial charge on any atom is -0.425 e. The second kappa shape index (κ2) is 6.26. The number of esters is 1. The normalized spacial score (nSPS) is 30.0. The highest BCUT2D eigenvalue weighted by Crippen LogP contribution is 2.78. The molecule has 2 fully saturated rings. The number of morpholine rings is 1. The van der Waals surface area contributed by atoms with Gasteiger partial charge in [-0.25, -0.2) is 0 Å². The third-order valence-electron chi connectivity index (χ3n) is 6.64. The average molecular weight is 391 g/mol. The van der Waals surface area contributed by atoms with Gasteiger partial charge in [0.15, 0.2) is 11.2 Å². The minimum absolute atomic E-state index is 0.210. The number of benzene rings is 2. The van der Waals surface area contributed by atoms with Crippen molar-refractivity contribution in [3.8, 4) is 5.75 Å². The van der Waals surface area contributed by atoms with E-state index in [0.29, 0.717) is 37.6 Å². The molecule has 1 amide bonds. The molecule has 0 spiro atoms. The van der Waals surface area contributed by atoms with E-state index in [-0.39, 0.29) is 11.7 Å². The van der Waals surface area contributed by atoms with Gasteiger partial charge in [0.1, 0.15) is 5.75 Å². The molecule has 0 radical (unpaired) electrons. The molecule has 29 heavy (non-hydrogen) atoms. The van der Waals surface area contributed by atoms with E-state index in [4.69, 9.17) is 9.47 Å². The zero-order valence-corrected chi connectivity index (χ0v) is 16.1. The van der Waals surface area contributed by atoms with Crippen LogP contribution in [0.25, 0.3) is 0 Å². The van der Waals surface area contributed by atoms with Crippen molar-refractivity contribution in [1.29, 1.82) is 0 Å². The quantitative estimate of drug-likeness (QED) is 0.348. The molecule has 0 aromatic heterocycles. The van der Waals surface area contributed by atoms with Gasteiger partial charge in [-0.15, -0.1) is 0 Å². The molecular formula is C23H21NO5. The van der Waals surface area contributed by atoms with E-state index in [1.54, 1.807) is 48.2 Å². The number of ketones is 1. The SMILES string of the molecule is CC1(C(=O)c2ccccc2)C2c3ccccc3OC(=O)C21C(=O)N1CCOCC1. The highest BCUT2D eigenvalue weighted by molar-refractivity contribution is 6.21. The third-order valence-corrected chi connectivity index (χ3v) is 6.64. The van der Waals surface area contributed by atoms with E-state index in [1.165, 1.54) is 0 Å². The molecule has 5 rings (SSSR count). The molecule has 2 heterocycles. The summed E-state index contributed by atoms with van der Waals surface area (Å²) in [6.07, 6.45) is 0. The Bertz CT molecular complexity index is 1010. The number of carbonyl (C=O) groups excluding carboxylic acids is 3. The number of nitrogens with zero attached hydrogens (tertiary/aromatic N) is 1. The first-order chi connectivity index (χ1) is 14.0. The molecule has 1 aliphatic carbocycles. The van der Waals surface area contributed by atoms with E-state index in [9.17, 15) is 14.4 Å². The molecule has 0 N–H and O–H groups in total. The van der Waals surface area contributed by atoms with Crippen LogP contribution in [0.5, 0.6) is 5.75 Å². The number of hydrogen-bond acceptors (Lipinski definition) is 5. The molecular weight excluding hydrogens is 370 g/mol. The fraction of sp³-hybridized carbons (Fsp3) is 0.348. The van der Waals surface area contributed by atoms with Crippen LogP contribution in [0, 0.1) is 10.8 Å². The predicted octanol–water partition coefficient (Wildman–Crippen LogP) is 2.44. The van der Waals surface area contributed by atoms with Crippen molar-refractivity contribution in [1.82, 2.24) is 4.90 Å². The summed E-state index contributed by atoms with van der Waals surface area (Å²) in [7, 11) is 0. The number of ether oxygens (including phenoxy) is 2. The summed E-state index contributed by atoms with van der Waals surface area (Å²) in [5, 5.41) is 0. The molecule has 148 valence electrons. The van der Waals surface area contributed by atoms with Crippen LogP contribution in [0.15, 0.2) is 54.6 Å². The Hall–Kier alpha value is -2.99. The maximum atomic E-state index is 13.7. The molecule has 1 saturated heterocycles. The van der Waals surface area contributed by atoms with Crippen molar-refractivity contribution in [3.05, 3.63) is 65.7 Å². The molecule has 6 nitrogen and oxygen atoms in total. The van der Waals surface area contributed by atoms with Crippen molar-refractivity contribution in [2.75, 3.05) is 26.3 Å². The Kier molecular flexibility index (Phi) is 3.90. The number of carbonyl (C=O) groups is 3. The van der Waals surface area contributed by atoms with Crippen molar-refractivity contribution < 1.29 is 23.9 Å². The zero-order valence-electron chi connectivity index (χ0n) is 16.1. The van der Waals surface area contributed by atoms with E-state index in [0.717, 1.165) is 5.56 Å². The maximum absolute atomic E-state index is 13.7. The van der Waals surface area contributed by atoms with Crippen molar-refractivity contribution in [2.45, 2.75) is 12.8 Å². The van der Waals surface area contributed by atoms with Gasteiger partial charge < -0.3 is 14.4 Å². The summed E-state index contributed by atoms with van der Waals surface area (Å²) in [6.45, 7) is 3.37. The first kappa shape index (κ1) is 18.1. The predicted molar refractivity (Wildman–Crippen MR) is 104 cm³/mol. The Morgan fingerprint density at radius 2 is 1.66 bits per heavy atom. The standard InChI is InChI=1S/C23H21NO5/c1-22(19(25)15-7-3-2-4-8-15)18-16-9-5-6-10-17(16)29-21(27)23(18,22)20(26)24-11-13-28-14-12-24/h2-10,18H,11-14H2,1H3. The minimum atomic E-state index is -1.54. The summed E-state index contributed by atoms with van der Waals surface area (Å²) in [5.41, 5.74) is -1.51. The van der Waals surface area contributed by atoms with Crippen LogP contribution in [0.2, 0.25) is 0 Å². The lowest BCUT2D eigenvalue weighted by Crippen LogP contribution is -2.50. The van der Waals surface area contributed by atoms with Gasteiger partial charge in [-0.1, -0.05) is 48.5 Å². The number of fused-ring (bicyclic) bond motifs is 3. The van der Waals surface area contributed by atoms with Gasteiger partial charge >= 0.3 is 5.97 Å². The number of Topliss-reactive ketones (excluding diaryl/α,β-unsaturated/α-hetero) is 1. The third kappa shape index (κ3) is 2.23. The molecule has 2 aliphatic heterocycles. The molecule has 3 unspecified atom stereocenters. The van der Waals surface area contributed by atoms with Gasteiger partial charge in [-0.05, 0) is 13.0 Å². The van der Waals surface area contributed by atoms with Gasteiger partial charge in [0.25, 0.3) is 0 Å². The van der Waals surface area contributed by atoms with E-state index >= 15 is 0 Å². The summed E-state index contributed by atoms with van der Waals surface area (Å²) in [6, 6.07) is 16.0. The van der Waals surface area contributed by atoms with Crippen molar-refractivity contribution in [2.24, 2.45) is 10.8 Å². The highest BCUT2D eigenvalue weighted by atomic mass is 16.5. The number of para-hydroxylation sites is 1. The van der Waals surface area contributed by atoms with Crippen LogP contribution < -0.4 is 4.74 Å². The molecule has 0 bridgehead atoms. The summed E-state index contributed by atoms with van der Waals surface area (Å²) >= 11 is 0. The van der Waals surface area contributed by atoms with Gasteiger partial charge in [-0.2, -0.15) is 0 Å². The smallest absolute Gasteiger partial charge is 0.328 e. The lowest BCUT2D eigenvalue weighted by Gasteiger charge is -2.32. The zero-order chi connectivity index (χ0) is 20.2. The Labute approximate surface area is 168 Å². The highest BCUT2D eigenvalue weighted by Gasteiger charge is 2.88. The number of amides is 1. The Morgan fingerprint density at radius 3 is 2.38 bits per heavy atom. The van der Waals surface area contributed by atoms with Crippen LogP contribution in [0.1, 0.15) is 28.8 Å². The van der Waals surface area contributed by atoms with E-state index in [2.05, 4.69) is 0 Å². The Balaban J connectivity index is 1.66. The van der Waals surface area contributed by atoms with E-state index in [1.807, 2.05) is 18.2 Å². The molecule has 1 saturated carbocycles. The molecule has 3 atom stereocenters. The van der Waals surface area contributed by atoms with Crippen LogP contribution in [-0.4, -0.2) is 48.9 Å². The first-order valence-corrected chi connectivity index (χ1v) is 9.81. The van der Waals surface area contributed by atoms with Crippen molar-refractivity contribution >= 4 is 17.7 Å². The van der Waals surface area contributed by atoms with Gasteiger partial charge in [0.05, 0.1) is 18.6 Å². The summed E-state index contributed by atoms with van der Waals surface area (Å²) < 4.78 is 11.0. The maximum Gasteiger partial charge on any atom is 0.328 e. The largest absolute Gasteiger partial charge is 0.425 e. The molecule has 2 aromatic rings. The average Bonchev–Trinajstić information content (AvgIpc) is 3.37. The second-order valence-electron chi connectivity index (χ2n) is 7.97. The van der Waals surface area contributed by atoms with Gasteiger partial charge in [0.2, 0.25) is 5.91 Å². The summed E-state index contributed by atoms with van der Waals surface area (Å²) in [5.74, 6) is -1.30. The van der Waals surface area contributed by atoms with Crippen molar-refractivity contribution in [3.63, 3.8) is 0 Å². The molecule has 6 heteroatoms. The Morgan fingerprint density at radius 1 is 1.00 bits per heavy atom. The van der Waals surface area contributed by atoms with E-state index < -0.39 is 22.7 Å². The fourth-order valence-corrected chi connectivity index (χ4v) is 5.13. The van der Waals surface area contributed by atoms with Crippen LogP contribution in [0.4, 0.5) is 0 Å². The van der Waals surface area contributed by atoms with Crippen LogP contribution in [-0.2, 0) is 14.3 Å². The molecule has 2 aromatic carbocycles. The molecule has 3 aliphatic rings. The lowest BCUT2D eigenvalue weighted by molar-refractivity contribution is -0.156. The fourth-order valence-electron chi connectivity index (χ4n) is 5.13. The number of hydrogen-bond donors (Lipinski definition) is 0. The van der Waals surface area contributed by atoms with Crippen LogP contribution in [0.3, 0.4) is 0 Å². The summed E-state index contributed by atoms with van der Waals surface area (Å²) in [4.78, 5) is 42.3. The lowest BCUT2D eigenvalue weighted by atomic mass is 9.86. The topological polar surface area (TPSA) is 72.9 Å². The number of rotatable bonds is 3. The van der Waals surface area contributed by atoms with Crippen LogP contribution >= 0.6 is 0 Å². The van der Waals surface area contributed by atoms with Gasteiger partial charge in [0, 0.05) is 30.1 Å². The monoisotopic (exact) mass is 391 g/mol. The van der Waals surface area contributed by atoms with Gasteiger partial charge in [-0.3, -0.25) is 14.4 Å². The first-order valence-electron chi connectivity index (χ1n) is 9.81. The second-order valence-corrected chi connectivity index (χ2v) is 7.97.